The number of aromatic nitrogens is 2. The summed E-state index contributed by atoms with van der Waals surface area (Å²) in [7, 11) is 0. The molecule has 29 heavy (non-hydrogen) atoms. The highest BCUT2D eigenvalue weighted by Crippen LogP contribution is 2.29. The van der Waals surface area contributed by atoms with Crippen molar-refractivity contribution in [1.29, 1.82) is 0 Å². The van der Waals surface area contributed by atoms with E-state index < -0.39 is 0 Å². The number of amides is 2. The highest BCUT2D eigenvalue weighted by molar-refractivity contribution is 7.18. The molecule has 0 saturated carbocycles. The maximum atomic E-state index is 10.9. The molecule has 0 bridgehead atoms. The van der Waals surface area contributed by atoms with E-state index in [0.29, 0.717) is 11.1 Å². The highest BCUT2D eigenvalue weighted by Gasteiger charge is 2.25. The normalized spacial score (nSPS) is 12.3. The van der Waals surface area contributed by atoms with Crippen LogP contribution in [-0.4, -0.2) is 21.8 Å². The summed E-state index contributed by atoms with van der Waals surface area (Å²) < 4.78 is 0. The number of pyridine rings is 2. The van der Waals surface area contributed by atoms with Crippen molar-refractivity contribution in [3.05, 3.63) is 82.4 Å². The lowest BCUT2D eigenvalue weighted by molar-refractivity contribution is 0.0879. The SMILES string of the molecule is CCc1cc2cc(C)sc2nc1-c1ccccn1.O=C1NC(=O)c2ccccc21. The van der Waals surface area contributed by atoms with Crippen LogP contribution in [0.4, 0.5) is 0 Å². The summed E-state index contributed by atoms with van der Waals surface area (Å²) in [5.41, 5.74) is 4.18. The molecule has 1 aromatic carbocycles. The van der Waals surface area contributed by atoms with Crippen LogP contribution < -0.4 is 5.32 Å². The zero-order valence-corrected chi connectivity index (χ0v) is 16.9. The molecule has 144 valence electrons. The fourth-order valence-corrected chi connectivity index (χ4v) is 4.12. The van der Waals surface area contributed by atoms with Crippen LogP contribution in [0.3, 0.4) is 0 Å². The van der Waals surface area contributed by atoms with E-state index in [1.54, 1.807) is 35.6 Å². The summed E-state index contributed by atoms with van der Waals surface area (Å²) in [5, 5.41) is 3.45. The van der Waals surface area contributed by atoms with Gasteiger partial charge in [-0.1, -0.05) is 25.1 Å². The van der Waals surface area contributed by atoms with Crippen molar-refractivity contribution in [2.24, 2.45) is 0 Å². The quantitative estimate of drug-likeness (QED) is 0.490. The first kappa shape index (κ1) is 19.0. The van der Waals surface area contributed by atoms with Crippen molar-refractivity contribution in [3.63, 3.8) is 0 Å². The Labute approximate surface area is 172 Å². The molecule has 0 spiro atoms. The number of fused-ring (bicyclic) bond motifs is 2. The molecule has 0 radical (unpaired) electrons. The molecule has 0 atom stereocenters. The first-order valence-electron chi connectivity index (χ1n) is 9.33. The number of rotatable bonds is 2. The molecule has 0 fully saturated rings. The summed E-state index contributed by atoms with van der Waals surface area (Å²) in [6, 6.07) is 17.1. The smallest absolute Gasteiger partial charge is 0.258 e. The third-order valence-electron chi connectivity index (χ3n) is 4.64. The monoisotopic (exact) mass is 401 g/mol. The molecule has 3 aromatic heterocycles. The molecule has 0 aliphatic carbocycles. The van der Waals surface area contributed by atoms with E-state index in [4.69, 9.17) is 4.98 Å². The van der Waals surface area contributed by atoms with Crippen molar-refractivity contribution in [2.45, 2.75) is 20.3 Å². The number of imide groups is 1. The Bertz CT molecular complexity index is 1180. The van der Waals surface area contributed by atoms with Crippen LogP contribution in [-0.2, 0) is 6.42 Å². The van der Waals surface area contributed by atoms with E-state index in [0.717, 1.165) is 22.6 Å². The Hall–Kier alpha value is -3.38. The maximum absolute atomic E-state index is 10.9. The number of aryl methyl sites for hydroxylation is 2. The summed E-state index contributed by atoms with van der Waals surface area (Å²) in [6.45, 7) is 4.28. The van der Waals surface area contributed by atoms with Gasteiger partial charge in [0.2, 0.25) is 0 Å². The summed E-state index contributed by atoms with van der Waals surface area (Å²) in [4.78, 5) is 33.5. The van der Waals surface area contributed by atoms with E-state index >= 15 is 0 Å². The zero-order valence-electron chi connectivity index (χ0n) is 16.1. The van der Waals surface area contributed by atoms with Gasteiger partial charge in [-0.15, -0.1) is 11.3 Å². The van der Waals surface area contributed by atoms with Crippen LogP contribution in [0.25, 0.3) is 21.6 Å². The predicted octanol–water partition coefficient (Wildman–Crippen LogP) is 4.80. The maximum Gasteiger partial charge on any atom is 0.258 e. The van der Waals surface area contributed by atoms with Crippen LogP contribution in [0.1, 0.15) is 38.1 Å². The molecular weight excluding hydrogens is 382 g/mol. The van der Waals surface area contributed by atoms with Gasteiger partial charge in [-0.25, -0.2) is 4.98 Å². The van der Waals surface area contributed by atoms with Gasteiger partial charge in [-0.05, 0) is 55.3 Å². The van der Waals surface area contributed by atoms with Gasteiger partial charge in [0.25, 0.3) is 11.8 Å². The van der Waals surface area contributed by atoms with Crippen molar-refractivity contribution in [3.8, 4) is 11.4 Å². The summed E-state index contributed by atoms with van der Waals surface area (Å²) in [6.07, 6.45) is 2.80. The topological polar surface area (TPSA) is 72.0 Å². The second-order valence-corrected chi connectivity index (χ2v) is 7.88. The van der Waals surface area contributed by atoms with Gasteiger partial charge in [-0.2, -0.15) is 0 Å². The second-order valence-electron chi connectivity index (χ2n) is 6.64. The fourth-order valence-electron chi connectivity index (χ4n) is 3.25. The van der Waals surface area contributed by atoms with Crippen molar-refractivity contribution in [2.75, 3.05) is 0 Å². The number of thiophene rings is 1. The van der Waals surface area contributed by atoms with Crippen LogP contribution >= 0.6 is 11.3 Å². The Morgan fingerprint density at radius 2 is 1.66 bits per heavy atom. The Morgan fingerprint density at radius 1 is 0.966 bits per heavy atom. The third kappa shape index (κ3) is 3.79. The minimum absolute atomic E-state index is 0.300. The zero-order chi connectivity index (χ0) is 20.4. The van der Waals surface area contributed by atoms with Gasteiger partial charge in [0, 0.05) is 16.5 Å². The molecular formula is C23H19N3O2S. The summed E-state index contributed by atoms with van der Waals surface area (Å²) >= 11 is 1.74. The Kier molecular flexibility index (Phi) is 5.18. The Balaban J connectivity index is 0.000000159. The number of nitrogens with one attached hydrogen (secondary N) is 1. The van der Waals surface area contributed by atoms with E-state index in [1.165, 1.54) is 15.8 Å². The minimum Gasteiger partial charge on any atom is -0.288 e. The second kappa shape index (κ2) is 7.93. The van der Waals surface area contributed by atoms with Crippen LogP contribution in [0.15, 0.2) is 60.8 Å². The molecule has 1 aliphatic rings. The molecule has 4 aromatic rings. The average molecular weight is 401 g/mol. The molecule has 1 aliphatic heterocycles. The van der Waals surface area contributed by atoms with Crippen LogP contribution in [0.2, 0.25) is 0 Å². The lowest BCUT2D eigenvalue weighted by atomic mass is 10.1. The van der Waals surface area contributed by atoms with E-state index in [2.05, 4.69) is 36.3 Å². The lowest BCUT2D eigenvalue weighted by Crippen LogP contribution is -2.19. The van der Waals surface area contributed by atoms with Gasteiger partial charge in [0.1, 0.15) is 4.83 Å². The number of carbonyl (C=O) groups is 2. The van der Waals surface area contributed by atoms with Crippen LogP contribution in [0, 0.1) is 6.92 Å². The van der Waals surface area contributed by atoms with Crippen molar-refractivity contribution >= 4 is 33.4 Å². The molecule has 6 heteroatoms. The molecule has 2 amide bonds. The minimum atomic E-state index is -0.300. The number of nitrogens with zero attached hydrogens (tertiary/aromatic N) is 2. The van der Waals surface area contributed by atoms with E-state index in [1.807, 2.05) is 24.4 Å². The first-order chi connectivity index (χ1) is 14.1. The number of benzene rings is 1. The molecule has 0 saturated heterocycles. The van der Waals surface area contributed by atoms with Gasteiger partial charge in [-0.3, -0.25) is 19.9 Å². The van der Waals surface area contributed by atoms with Crippen molar-refractivity contribution < 1.29 is 9.59 Å². The third-order valence-corrected chi connectivity index (χ3v) is 5.60. The van der Waals surface area contributed by atoms with Crippen molar-refractivity contribution in [1.82, 2.24) is 15.3 Å². The predicted molar refractivity (Wildman–Crippen MR) is 115 cm³/mol. The molecule has 0 unspecified atom stereocenters. The lowest BCUT2D eigenvalue weighted by Gasteiger charge is -2.06. The standard InChI is InChI=1S/C15H14N2S.C8H5NO2/c1-3-11-9-12-8-10(2)18-15(12)17-14(11)13-6-4-5-7-16-13;10-7-5-3-1-2-4-6(5)8(11)9-7/h4-9H,3H2,1-2H3;1-4H,(H,9,10,11). The average Bonchev–Trinajstić information content (AvgIpc) is 3.26. The fraction of sp³-hybridized carbons (Fsp3) is 0.130. The molecule has 1 N–H and O–H groups in total. The highest BCUT2D eigenvalue weighted by atomic mass is 32.1. The van der Waals surface area contributed by atoms with Gasteiger partial charge >= 0.3 is 0 Å². The van der Waals surface area contributed by atoms with Gasteiger partial charge in [0.05, 0.1) is 22.5 Å². The summed E-state index contributed by atoms with van der Waals surface area (Å²) in [5.74, 6) is -0.601. The largest absolute Gasteiger partial charge is 0.288 e. The van der Waals surface area contributed by atoms with E-state index in [9.17, 15) is 9.59 Å². The molecule has 5 nitrogen and oxygen atoms in total. The number of carbonyl (C=O) groups excluding carboxylic acids is 2. The molecule has 4 heterocycles. The first-order valence-corrected chi connectivity index (χ1v) is 10.1. The number of hydrogen-bond donors (Lipinski definition) is 1. The number of hydrogen-bond acceptors (Lipinski definition) is 5. The van der Waals surface area contributed by atoms with E-state index in [-0.39, 0.29) is 11.8 Å². The Morgan fingerprint density at radius 3 is 2.28 bits per heavy atom. The van der Waals surface area contributed by atoms with Gasteiger partial charge in [0.15, 0.2) is 0 Å². The molecule has 5 rings (SSSR count). The van der Waals surface area contributed by atoms with Crippen LogP contribution in [0.5, 0.6) is 0 Å². The van der Waals surface area contributed by atoms with Gasteiger partial charge < -0.3 is 0 Å².